The lowest BCUT2D eigenvalue weighted by Crippen LogP contribution is -2.24. The molecule has 0 fully saturated rings. The van der Waals surface area contributed by atoms with Crippen LogP contribution in [0.15, 0.2) is 18.2 Å². The van der Waals surface area contributed by atoms with Gasteiger partial charge in [-0.1, -0.05) is 19.9 Å². The van der Waals surface area contributed by atoms with Gasteiger partial charge in [0.2, 0.25) is 0 Å². The largest absolute Gasteiger partial charge is 0.490 e. The SMILES string of the molecule is CC(N)c1ccc(F)cc1OCC(O)C(C)C. The molecule has 0 amide bonds. The number of nitrogens with two attached hydrogens (primary N) is 1. The maximum atomic E-state index is 13.1. The summed E-state index contributed by atoms with van der Waals surface area (Å²) in [5.74, 6) is 0.130. The van der Waals surface area contributed by atoms with Crippen molar-refractivity contribution in [2.45, 2.75) is 32.9 Å². The Morgan fingerprint density at radius 2 is 2.00 bits per heavy atom. The van der Waals surface area contributed by atoms with E-state index in [9.17, 15) is 9.50 Å². The summed E-state index contributed by atoms with van der Waals surface area (Å²) < 4.78 is 18.5. The van der Waals surface area contributed by atoms with E-state index in [2.05, 4.69) is 0 Å². The Hall–Kier alpha value is -1.13. The molecule has 2 atom stereocenters. The topological polar surface area (TPSA) is 55.5 Å². The fourth-order valence-corrected chi connectivity index (χ4v) is 1.38. The number of ether oxygens (including phenoxy) is 1. The summed E-state index contributed by atoms with van der Waals surface area (Å²) in [6.45, 7) is 5.73. The molecule has 96 valence electrons. The molecule has 17 heavy (non-hydrogen) atoms. The Labute approximate surface area is 101 Å². The van der Waals surface area contributed by atoms with Gasteiger partial charge in [-0.15, -0.1) is 0 Å². The van der Waals surface area contributed by atoms with E-state index in [0.29, 0.717) is 5.75 Å². The summed E-state index contributed by atoms with van der Waals surface area (Å²) in [6, 6.07) is 4.02. The zero-order valence-corrected chi connectivity index (χ0v) is 10.5. The van der Waals surface area contributed by atoms with Crippen LogP contribution in [0.25, 0.3) is 0 Å². The lowest BCUT2D eigenvalue weighted by molar-refractivity contribution is 0.0694. The van der Waals surface area contributed by atoms with Gasteiger partial charge in [0.1, 0.15) is 18.2 Å². The highest BCUT2D eigenvalue weighted by Crippen LogP contribution is 2.25. The van der Waals surface area contributed by atoms with Gasteiger partial charge in [0.15, 0.2) is 0 Å². The summed E-state index contributed by atoms with van der Waals surface area (Å²) in [4.78, 5) is 0. The first-order valence-electron chi connectivity index (χ1n) is 5.77. The Morgan fingerprint density at radius 3 is 2.53 bits per heavy atom. The van der Waals surface area contributed by atoms with E-state index in [4.69, 9.17) is 10.5 Å². The molecule has 0 bridgehead atoms. The number of rotatable bonds is 5. The molecule has 1 aromatic rings. The van der Waals surface area contributed by atoms with Crippen molar-refractivity contribution in [3.63, 3.8) is 0 Å². The number of hydrogen-bond donors (Lipinski definition) is 2. The van der Waals surface area contributed by atoms with Crippen LogP contribution >= 0.6 is 0 Å². The van der Waals surface area contributed by atoms with Gasteiger partial charge in [0.05, 0.1) is 6.10 Å². The third-order valence-electron chi connectivity index (χ3n) is 2.65. The number of benzene rings is 1. The second-order valence-electron chi connectivity index (χ2n) is 4.59. The molecule has 0 aliphatic heterocycles. The van der Waals surface area contributed by atoms with Gasteiger partial charge in [0.25, 0.3) is 0 Å². The molecule has 1 rings (SSSR count). The Bertz CT molecular complexity index is 366. The van der Waals surface area contributed by atoms with Crippen molar-refractivity contribution in [1.82, 2.24) is 0 Å². The minimum atomic E-state index is -0.570. The number of halogens is 1. The second-order valence-corrected chi connectivity index (χ2v) is 4.59. The molecule has 2 unspecified atom stereocenters. The van der Waals surface area contributed by atoms with Gasteiger partial charge in [-0.25, -0.2) is 4.39 Å². The molecule has 0 aliphatic rings. The highest BCUT2D eigenvalue weighted by molar-refractivity contribution is 5.36. The molecular formula is C13H20FNO2. The predicted molar refractivity (Wildman–Crippen MR) is 65.3 cm³/mol. The standard InChI is InChI=1S/C13H20FNO2/c1-8(2)12(16)7-17-13-6-10(14)4-5-11(13)9(3)15/h4-6,8-9,12,16H,7,15H2,1-3H3. The molecule has 1 aromatic carbocycles. The van der Waals surface area contributed by atoms with Crippen LogP contribution in [0, 0.1) is 11.7 Å². The maximum Gasteiger partial charge on any atom is 0.127 e. The van der Waals surface area contributed by atoms with Gasteiger partial charge in [0, 0.05) is 17.7 Å². The Balaban J connectivity index is 2.78. The quantitative estimate of drug-likeness (QED) is 0.831. The van der Waals surface area contributed by atoms with E-state index in [1.165, 1.54) is 12.1 Å². The highest BCUT2D eigenvalue weighted by Gasteiger charge is 2.13. The average Bonchev–Trinajstić information content (AvgIpc) is 2.25. The minimum absolute atomic E-state index is 0.0994. The van der Waals surface area contributed by atoms with Gasteiger partial charge in [-0.3, -0.25) is 0 Å². The lowest BCUT2D eigenvalue weighted by atomic mass is 10.1. The molecule has 0 aromatic heterocycles. The van der Waals surface area contributed by atoms with Crippen LogP contribution in [0.2, 0.25) is 0 Å². The van der Waals surface area contributed by atoms with E-state index in [1.54, 1.807) is 13.0 Å². The first kappa shape index (κ1) is 13.9. The van der Waals surface area contributed by atoms with E-state index < -0.39 is 6.10 Å². The van der Waals surface area contributed by atoms with Crippen LogP contribution in [-0.4, -0.2) is 17.8 Å². The number of hydrogen-bond acceptors (Lipinski definition) is 3. The van der Waals surface area contributed by atoms with Crippen LogP contribution in [0.5, 0.6) is 5.75 Å². The summed E-state index contributed by atoms with van der Waals surface area (Å²) in [5.41, 5.74) is 6.50. The van der Waals surface area contributed by atoms with Crippen LogP contribution in [0.4, 0.5) is 4.39 Å². The normalized spacial score (nSPS) is 14.8. The molecule has 0 saturated heterocycles. The average molecular weight is 241 g/mol. The van der Waals surface area contributed by atoms with Crippen molar-refractivity contribution in [2.75, 3.05) is 6.61 Å². The summed E-state index contributed by atoms with van der Waals surface area (Å²) in [7, 11) is 0. The van der Waals surface area contributed by atoms with Crippen molar-refractivity contribution in [3.8, 4) is 5.75 Å². The number of aliphatic hydroxyl groups excluding tert-OH is 1. The van der Waals surface area contributed by atoms with Crippen molar-refractivity contribution in [1.29, 1.82) is 0 Å². The van der Waals surface area contributed by atoms with E-state index in [0.717, 1.165) is 5.56 Å². The molecule has 0 aliphatic carbocycles. The third kappa shape index (κ3) is 3.98. The molecule has 0 heterocycles. The van der Waals surface area contributed by atoms with Crippen molar-refractivity contribution in [2.24, 2.45) is 11.7 Å². The molecule has 3 nitrogen and oxygen atoms in total. The fourth-order valence-electron chi connectivity index (χ4n) is 1.38. The van der Waals surface area contributed by atoms with Gasteiger partial charge < -0.3 is 15.6 Å². The fraction of sp³-hybridized carbons (Fsp3) is 0.538. The summed E-state index contributed by atoms with van der Waals surface area (Å²) in [5, 5.41) is 9.64. The lowest BCUT2D eigenvalue weighted by Gasteiger charge is -2.18. The minimum Gasteiger partial charge on any atom is -0.490 e. The molecule has 0 radical (unpaired) electrons. The van der Waals surface area contributed by atoms with Crippen LogP contribution in [0.1, 0.15) is 32.4 Å². The summed E-state index contributed by atoms with van der Waals surface area (Å²) >= 11 is 0. The van der Waals surface area contributed by atoms with Crippen molar-refractivity contribution < 1.29 is 14.2 Å². The zero-order valence-electron chi connectivity index (χ0n) is 10.5. The molecule has 3 N–H and O–H groups in total. The Kier molecular flexibility index (Phi) is 4.90. The van der Waals surface area contributed by atoms with E-state index in [1.807, 2.05) is 13.8 Å². The Morgan fingerprint density at radius 1 is 1.35 bits per heavy atom. The molecule has 4 heteroatoms. The number of aliphatic hydroxyl groups is 1. The zero-order chi connectivity index (χ0) is 13.0. The van der Waals surface area contributed by atoms with Gasteiger partial charge in [-0.05, 0) is 18.9 Å². The molecular weight excluding hydrogens is 221 g/mol. The first-order valence-corrected chi connectivity index (χ1v) is 5.77. The predicted octanol–water partition coefficient (Wildman–Crippen LogP) is 2.24. The molecule has 0 saturated carbocycles. The highest BCUT2D eigenvalue weighted by atomic mass is 19.1. The third-order valence-corrected chi connectivity index (χ3v) is 2.65. The van der Waals surface area contributed by atoms with E-state index in [-0.39, 0.29) is 24.4 Å². The first-order chi connectivity index (χ1) is 7.91. The van der Waals surface area contributed by atoms with Crippen LogP contribution in [0.3, 0.4) is 0 Å². The van der Waals surface area contributed by atoms with Gasteiger partial charge >= 0.3 is 0 Å². The molecule has 0 spiro atoms. The smallest absolute Gasteiger partial charge is 0.127 e. The maximum absolute atomic E-state index is 13.1. The van der Waals surface area contributed by atoms with E-state index >= 15 is 0 Å². The van der Waals surface area contributed by atoms with Gasteiger partial charge in [-0.2, -0.15) is 0 Å². The van der Waals surface area contributed by atoms with Crippen LogP contribution in [-0.2, 0) is 0 Å². The monoisotopic (exact) mass is 241 g/mol. The second kappa shape index (κ2) is 5.98. The summed E-state index contributed by atoms with van der Waals surface area (Å²) in [6.07, 6.45) is -0.570. The van der Waals surface area contributed by atoms with Crippen molar-refractivity contribution >= 4 is 0 Å². The van der Waals surface area contributed by atoms with Crippen molar-refractivity contribution in [3.05, 3.63) is 29.6 Å². The van der Waals surface area contributed by atoms with Crippen LogP contribution < -0.4 is 10.5 Å².